The Kier molecular flexibility index (Phi) is 2.89. The second kappa shape index (κ2) is 4.12. The van der Waals surface area contributed by atoms with Crippen LogP contribution in [-0.4, -0.2) is 9.78 Å². The highest BCUT2D eigenvalue weighted by Gasteiger charge is 2.18. The van der Waals surface area contributed by atoms with Crippen molar-refractivity contribution in [3.63, 3.8) is 0 Å². The van der Waals surface area contributed by atoms with Crippen molar-refractivity contribution >= 4 is 0 Å². The Morgan fingerprint density at radius 3 is 2.39 bits per heavy atom. The molecule has 0 aliphatic rings. The molecule has 1 N–H and O–H groups in total. The average Bonchev–Trinajstić information content (AvgIpc) is 2.60. The average molecular weight is 248 g/mol. The van der Waals surface area contributed by atoms with Gasteiger partial charge in [-0.05, 0) is 30.7 Å². The molecule has 0 atom stereocenters. The van der Waals surface area contributed by atoms with Crippen LogP contribution >= 0.6 is 0 Å². The van der Waals surface area contributed by atoms with Crippen LogP contribution in [0, 0.1) is 12.7 Å². The molecule has 0 radical (unpaired) electrons. The molecule has 1 aromatic carbocycles. The Bertz CT molecular complexity index is 632. The summed E-state index contributed by atoms with van der Waals surface area (Å²) in [7, 11) is 0. The fourth-order valence-electron chi connectivity index (χ4n) is 1.83. The number of aryl methyl sites for hydroxylation is 1. The first-order valence-electron chi connectivity index (χ1n) is 5.88. The highest BCUT2D eigenvalue weighted by Crippen LogP contribution is 2.20. The Labute approximate surface area is 105 Å². The summed E-state index contributed by atoms with van der Waals surface area (Å²) in [5, 5.41) is 3.08. The van der Waals surface area contributed by atoms with E-state index < -0.39 is 0 Å². The summed E-state index contributed by atoms with van der Waals surface area (Å²) in [5.74, 6) is -0.299. The maximum absolute atomic E-state index is 13.1. The highest BCUT2D eigenvalue weighted by molar-refractivity contribution is 5.40. The van der Waals surface area contributed by atoms with Crippen LogP contribution in [0.2, 0.25) is 0 Å². The first-order chi connectivity index (χ1) is 8.29. The molecular weight excluding hydrogens is 231 g/mol. The van der Waals surface area contributed by atoms with E-state index in [0.29, 0.717) is 5.69 Å². The van der Waals surface area contributed by atoms with Gasteiger partial charge in [-0.1, -0.05) is 20.8 Å². The van der Waals surface area contributed by atoms with Crippen molar-refractivity contribution in [3.05, 3.63) is 51.7 Å². The topological polar surface area (TPSA) is 37.8 Å². The van der Waals surface area contributed by atoms with Crippen LogP contribution in [0.3, 0.4) is 0 Å². The largest absolute Gasteiger partial charge is 0.294 e. The third-order valence-corrected chi connectivity index (χ3v) is 2.93. The zero-order valence-corrected chi connectivity index (χ0v) is 11.0. The molecular formula is C14H17FN2O. The van der Waals surface area contributed by atoms with E-state index in [9.17, 15) is 9.18 Å². The normalized spacial score (nSPS) is 11.8. The number of rotatable bonds is 1. The molecule has 0 saturated carbocycles. The number of H-pyrrole nitrogens is 1. The van der Waals surface area contributed by atoms with Crippen molar-refractivity contribution in [2.24, 2.45) is 0 Å². The highest BCUT2D eigenvalue weighted by atomic mass is 19.1. The lowest BCUT2D eigenvalue weighted by Gasteiger charge is -2.15. The number of nitrogens with zero attached hydrogens (tertiary/aromatic N) is 1. The maximum Gasteiger partial charge on any atom is 0.271 e. The van der Waals surface area contributed by atoms with Gasteiger partial charge in [0.2, 0.25) is 0 Å². The number of hydrogen-bond acceptors (Lipinski definition) is 1. The third kappa shape index (κ3) is 2.23. The fourth-order valence-corrected chi connectivity index (χ4v) is 1.83. The second-order valence-corrected chi connectivity index (χ2v) is 5.52. The van der Waals surface area contributed by atoms with Crippen LogP contribution in [0.25, 0.3) is 5.69 Å². The Morgan fingerprint density at radius 1 is 1.22 bits per heavy atom. The molecule has 0 aliphatic heterocycles. The van der Waals surface area contributed by atoms with Gasteiger partial charge in [-0.3, -0.25) is 9.89 Å². The molecule has 0 amide bonds. The van der Waals surface area contributed by atoms with Gasteiger partial charge in [0.25, 0.3) is 5.56 Å². The lowest BCUT2D eigenvalue weighted by Crippen LogP contribution is -2.15. The minimum atomic E-state index is -0.299. The molecule has 0 unspecified atom stereocenters. The quantitative estimate of drug-likeness (QED) is 0.828. The molecule has 4 heteroatoms. The smallest absolute Gasteiger partial charge is 0.271 e. The van der Waals surface area contributed by atoms with Crippen LogP contribution in [0.1, 0.15) is 32.0 Å². The van der Waals surface area contributed by atoms with E-state index >= 15 is 0 Å². The summed E-state index contributed by atoms with van der Waals surface area (Å²) >= 11 is 0. The van der Waals surface area contributed by atoms with Gasteiger partial charge in [0.05, 0.1) is 5.69 Å². The van der Waals surface area contributed by atoms with E-state index in [1.54, 1.807) is 19.1 Å². The molecule has 1 aromatic heterocycles. The van der Waals surface area contributed by atoms with Crippen LogP contribution in [0.5, 0.6) is 0 Å². The van der Waals surface area contributed by atoms with Gasteiger partial charge in [-0.15, -0.1) is 0 Å². The molecule has 0 aliphatic carbocycles. The summed E-state index contributed by atoms with van der Waals surface area (Å²) < 4.78 is 14.5. The lowest BCUT2D eigenvalue weighted by atomic mass is 9.93. The predicted octanol–water partition coefficient (Wildman–Crippen LogP) is 2.91. The van der Waals surface area contributed by atoms with E-state index in [0.717, 1.165) is 11.3 Å². The first kappa shape index (κ1) is 12.6. The van der Waals surface area contributed by atoms with Gasteiger partial charge in [0.15, 0.2) is 0 Å². The van der Waals surface area contributed by atoms with Crippen LogP contribution in [0.15, 0.2) is 29.1 Å². The summed E-state index contributed by atoms with van der Waals surface area (Å²) in [6.07, 6.45) is 0. The number of hydrogen-bond donors (Lipinski definition) is 1. The van der Waals surface area contributed by atoms with E-state index in [-0.39, 0.29) is 16.8 Å². The molecule has 18 heavy (non-hydrogen) atoms. The summed E-state index contributed by atoms with van der Waals surface area (Å²) in [5.41, 5.74) is 2.00. The van der Waals surface area contributed by atoms with Crippen LogP contribution in [-0.2, 0) is 5.41 Å². The molecule has 1 heterocycles. The molecule has 2 aromatic rings. The van der Waals surface area contributed by atoms with Gasteiger partial charge >= 0.3 is 0 Å². The predicted molar refractivity (Wildman–Crippen MR) is 69.8 cm³/mol. The molecule has 0 saturated heterocycles. The summed E-state index contributed by atoms with van der Waals surface area (Å²) in [4.78, 5) is 12.0. The maximum atomic E-state index is 13.1. The third-order valence-electron chi connectivity index (χ3n) is 2.93. The zero-order chi connectivity index (χ0) is 13.5. The number of aromatic nitrogens is 2. The standard InChI is InChI=1S/C14H17FN2O/c1-9-7-10(15)5-6-11(9)17-13(18)8-12(16-17)14(2,3)4/h5-8,16H,1-4H3. The monoisotopic (exact) mass is 248 g/mol. The van der Waals surface area contributed by atoms with Gasteiger partial charge < -0.3 is 0 Å². The van der Waals surface area contributed by atoms with E-state index in [1.165, 1.54) is 16.8 Å². The van der Waals surface area contributed by atoms with Crippen molar-refractivity contribution in [1.82, 2.24) is 9.78 Å². The molecule has 0 spiro atoms. The van der Waals surface area contributed by atoms with Gasteiger partial charge in [0, 0.05) is 17.2 Å². The first-order valence-corrected chi connectivity index (χ1v) is 5.88. The molecule has 0 bridgehead atoms. The molecule has 0 fully saturated rings. The minimum absolute atomic E-state index is 0.127. The second-order valence-electron chi connectivity index (χ2n) is 5.52. The number of halogens is 1. The van der Waals surface area contributed by atoms with Gasteiger partial charge in [-0.25, -0.2) is 9.07 Å². The van der Waals surface area contributed by atoms with E-state index in [2.05, 4.69) is 5.10 Å². The van der Waals surface area contributed by atoms with Crippen LogP contribution in [0.4, 0.5) is 4.39 Å². The Hall–Kier alpha value is -1.84. The molecule has 96 valence electrons. The summed E-state index contributed by atoms with van der Waals surface area (Å²) in [6, 6.07) is 5.96. The minimum Gasteiger partial charge on any atom is -0.294 e. The van der Waals surface area contributed by atoms with Crippen LogP contribution < -0.4 is 5.56 Å². The van der Waals surface area contributed by atoms with Crippen molar-refractivity contribution in [2.45, 2.75) is 33.1 Å². The Balaban J connectivity index is 2.58. The molecule has 2 rings (SSSR count). The number of aromatic amines is 1. The fraction of sp³-hybridized carbons (Fsp3) is 0.357. The lowest BCUT2D eigenvalue weighted by molar-refractivity contribution is 0.559. The Morgan fingerprint density at radius 2 is 1.89 bits per heavy atom. The van der Waals surface area contributed by atoms with Crippen molar-refractivity contribution in [3.8, 4) is 5.69 Å². The van der Waals surface area contributed by atoms with Crippen molar-refractivity contribution in [2.75, 3.05) is 0 Å². The molecule has 3 nitrogen and oxygen atoms in total. The SMILES string of the molecule is Cc1cc(F)ccc1-n1[nH]c(C(C)(C)C)cc1=O. The number of nitrogens with one attached hydrogen (secondary N) is 1. The van der Waals surface area contributed by atoms with Gasteiger partial charge in [-0.2, -0.15) is 0 Å². The van der Waals surface area contributed by atoms with E-state index in [4.69, 9.17) is 0 Å². The summed E-state index contributed by atoms with van der Waals surface area (Å²) in [6.45, 7) is 7.86. The van der Waals surface area contributed by atoms with Gasteiger partial charge in [0.1, 0.15) is 5.82 Å². The van der Waals surface area contributed by atoms with Crippen molar-refractivity contribution in [1.29, 1.82) is 0 Å². The number of benzene rings is 1. The zero-order valence-electron chi connectivity index (χ0n) is 11.0. The van der Waals surface area contributed by atoms with E-state index in [1.807, 2.05) is 20.8 Å². The van der Waals surface area contributed by atoms with Crippen molar-refractivity contribution < 1.29 is 4.39 Å².